The van der Waals surface area contributed by atoms with Crippen molar-refractivity contribution in [3.8, 4) is 0 Å². The Bertz CT molecular complexity index is 698. The minimum absolute atomic E-state index is 0.0412. The van der Waals surface area contributed by atoms with Gasteiger partial charge in [-0.15, -0.1) is 0 Å². The lowest BCUT2D eigenvalue weighted by atomic mass is 9.98. The number of hydrogen-bond donors (Lipinski definition) is 2. The second kappa shape index (κ2) is 7.49. The molecule has 0 unspecified atom stereocenters. The van der Waals surface area contributed by atoms with Gasteiger partial charge in [0.2, 0.25) is 0 Å². The van der Waals surface area contributed by atoms with E-state index < -0.39 is 0 Å². The number of amides is 2. The Balaban J connectivity index is 1.57. The molecule has 2 aromatic rings. The first-order chi connectivity index (χ1) is 11.6. The number of nitrogens with zero attached hydrogens (tertiary/aromatic N) is 2. The molecule has 128 valence electrons. The van der Waals surface area contributed by atoms with Gasteiger partial charge in [-0.25, -0.2) is 4.79 Å². The van der Waals surface area contributed by atoms with Gasteiger partial charge in [-0.3, -0.25) is 4.68 Å². The third kappa shape index (κ3) is 4.14. The topological polar surface area (TPSA) is 68.2 Å². The Hall–Kier alpha value is -2.34. The van der Waals surface area contributed by atoms with Crippen molar-refractivity contribution in [3.05, 3.63) is 53.3 Å². The normalized spacial score (nSPS) is 20.6. The summed E-state index contributed by atoms with van der Waals surface area (Å²) in [5.74, 6) is 0. The summed E-state index contributed by atoms with van der Waals surface area (Å²) in [6.07, 6.45) is 5.44. The van der Waals surface area contributed by atoms with Crippen LogP contribution < -0.4 is 10.6 Å². The first-order valence-electron chi connectivity index (χ1n) is 8.32. The lowest BCUT2D eigenvalue weighted by Gasteiger charge is -2.31. The van der Waals surface area contributed by atoms with Gasteiger partial charge in [0, 0.05) is 32.0 Å². The number of rotatable bonds is 4. The van der Waals surface area contributed by atoms with Gasteiger partial charge in [-0.1, -0.05) is 29.8 Å². The molecular formula is C18H24N4O2. The highest BCUT2D eigenvalue weighted by molar-refractivity contribution is 5.74. The Morgan fingerprint density at radius 2 is 2.33 bits per heavy atom. The molecule has 6 heteroatoms. The molecule has 1 fully saturated rings. The summed E-state index contributed by atoms with van der Waals surface area (Å²) >= 11 is 0. The third-order valence-electron chi connectivity index (χ3n) is 4.23. The van der Waals surface area contributed by atoms with Crippen molar-refractivity contribution in [2.24, 2.45) is 7.05 Å². The summed E-state index contributed by atoms with van der Waals surface area (Å²) in [6, 6.07) is 7.91. The van der Waals surface area contributed by atoms with Crippen LogP contribution in [0.25, 0.3) is 0 Å². The first-order valence-corrected chi connectivity index (χ1v) is 8.32. The minimum Gasteiger partial charge on any atom is -0.371 e. The number of ether oxygens (including phenoxy) is 1. The number of aromatic nitrogens is 2. The van der Waals surface area contributed by atoms with Crippen LogP contribution in [0.3, 0.4) is 0 Å². The fraction of sp³-hybridized carbons (Fsp3) is 0.444. The maximum atomic E-state index is 12.3. The van der Waals surface area contributed by atoms with Gasteiger partial charge in [0.25, 0.3) is 0 Å². The van der Waals surface area contributed by atoms with Crippen LogP contribution in [0.1, 0.15) is 35.6 Å². The van der Waals surface area contributed by atoms with Crippen LogP contribution in [0.15, 0.2) is 36.7 Å². The van der Waals surface area contributed by atoms with Crippen LogP contribution in [-0.4, -0.2) is 28.5 Å². The summed E-state index contributed by atoms with van der Waals surface area (Å²) in [7, 11) is 1.88. The average molecular weight is 328 g/mol. The molecule has 2 heterocycles. The molecule has 0 aliphatic carbocycles. The molecule has 24 heavy (non-hydrogen) atoms. The molecule has 1 aliphatic rings. The zero-order chi connectivity index (χ0) is 16.9. The maximum absolute atomic E-state index is 12.3. The van der Waals surface area contributed by atoms with Crippen LogP contribution in [0.5, 0.6) is 0 Å². The van der Waals surface area contributed by atoms with Gasteiger partial charge < -0.3 is 15.4 Å². The van der Waals surface area contributed by atoms with Gasteiger partial charge in [-0.05, 0) is 25.3 Å². The molecular weight excluding hydrogens is 304 g/mol. The Labute approximate surface area is 142 Å². The molecule has 6 nitrogen and oxygen atoms in total. The number of benzene rings is 1. The van der Waals surface area contributed by atoms with Gasteiger partial charge in [-0.2, -0.15) is 5.10 Å². The largest absolute Gasteiger partial charge is 0.371 e. The number of carbonyl (C=O) groups is 1. The zero-order valence-corrected chi connectivity index (χ0v) is 14.2. The van der Waals surface area contributed by atoms with Crippen molar-refractivity contribution in [2.75, 3.05) is 6.61 Å². The summed E-state index contributed by atoms with van der Waals surface area (Å²) in [6.45, 7) is 3.27. The molecule has 1 aliphatic heterocycles. The van der Waals surface area contributed by atoms with Crippen molar-refractivity contribution >= 4 is 6.03 Å². The van der Waals surface area contributed by atoms with Crippen molar-refractivity contribution in [2.45, 2.75) is 38.5 Å². The summed E-state index contributed by atoms with van der Waals surface area (Å²) in [4.78, 5) is 12.3. The molecule has 1 aromatic carbocycles. The van der Waals surface area contributed by atoms with E-state index in [2.05, 4.69) is 21.8 Å². The first kappa shape index (κ1) is 16.5. The van der Waals surface area contributed by atoms with E-state index in [9.17, 15) is 4.79 Å². The minimum atomic E-state index is -0.166. The fourth-order valence-electron chi connectivity index (χ4n) is 3.07. The van der Waals surface area contributed by atoms with E-state index in [0.29, 0.717) is 13.2 Å². The molecule has 2 N–H and O–H groups in total. The summed E-state index contributed by atoms with van der Waals surface area (Å²) in [5, 5.41) is 10.2. The van der Waals surface area contributed by atoms with Crippen LogP contribution >= 0.6 is 0 Å². The molecule has 0 saturated carbocycles. The van der Waals surface area contributed by atoms with Crippen LogP contribution in [-0.2, 0) is 18.3 Å². The molecule has 0 bridgehead atoms. The van der Waals surface area contributed by atoms with E-state index in [1.54, 1.807) is 10.9 Å². The smallest absolute Gasteiger partial charge is 0.315 e. The predicted octanol–water partition coefficient (Wildman–Crippen LogP) is 2.45. The van der Waals surface area contributed by atoms with Crippen molar-refractivity contribution in [3.63, 3.8) is 0 Å². The van der Waals surface area contributed by atoms with E-state index in [0.717, 1.165) is 24.0 Å². The van der Waals surface area contributed by atoms with Crippen molar-refractivity contribution in [1.29, 1.82) is 0 Å². The quantitative estimate of drug-likeness (QED) is 0.906. The van der Waals surface area contributed by atoms with Crippen molar-refractivity contribution < 1.29 is 9.53 Å². The second-order valence-corrected chi connectivity index (χ2v) is 6.30. The zero-order valence-electron chi connectivity index (χ0n) is 14.2. The molecule has 1 saturated heterocycles. The Kier molecular flexibility index (Phi) is 5.15. The standard InChI is InChI=1S/C18H24N4O2/c1-13-5-3-6-14(9-13)10-19-18(23)21-16-7-4-8-24-17(16)15-11-20-22(2)12-15/h3,5-6,9,11-12,16-17H,4,7-8,10H2,1-2H3,(H2,19,21,23)/t16-,17+/m0/s1. The molecule has 2 amide bonds. The van der Waals surface area contributed by atoms with Crippen LogP contribution in [0.4, 0.5) is 4.79 Å². The fourth-order valence-corrected chi connectivity index (χ4v) is 3.07. The maximum Gasteiger partial charge on any atom is 0.315 e. The summed E-state index contributed by atoms with van der Waals surface area (Å²) in [5.41, 5.74) is 3.28. The highest BCUT2D eigenvalue weighted by Crippen LogP contribution is 2.28. The predicted molar refractivity (Wildman–Crippen MR) is 91.5 cm³/mol. The van der Waals surface area contributed by atoms with E-state index in [1.165, 1.54) is 5.56 Å². The third-order valence-corrected chi connectivity index (χ3v) is 4.23. The van der Waals surface area contributed by atoms with E-state index in [-0.39, 0.29) is 18.2 Å². The van der Waals surface area contributed by atoms with Crippen LogP contribution in [0, 0.1) is 6.92 Å². The molecule has 1 aromatic heterocycles. The highest BCUT2D eigenvalue weighted by Gasteiger charge is 2.29. The van der Waals surface area contributed by atoms with Gasteiger partial charge in [0.1, 0.15) is 6.10 Å². The Morgan fingerprint density at radius 1 is 1.46 bits per heavy atom. The second-order valence-electron chi connectivity index (χ2n) is 6.30. The molecule has 0 spiro atoms. The molecule has 3 rings (SSSR count). The number of nitrogens with one attached hydrogen (secondary N) is 2. The number of aryl methyl sites for hydroxylation is 2. The average Bonchev–Trinajstić information content (AvgIpc) is 3.00. The number of urea groups is 1. The van der Waals surface area contributed by atoms with Crippen molar-refractivity contribution in [1.82, 2.24) is 20.4 Å². The number of hydrogen-bond acceptors (Lipinski definition) is 3. The number of carbonyl (C=O) groups excluding carboxylic acids is 1. The van der Waals surface area contributed by atoms with E-state index >= 15 is 0 Å². The van der Waals surface area contributed by atoms with E-state index in [4.69, 9.17) is 4.74 Å². The molecule has 2 atom stereocenters. The van der Waals surface area contributed by atoms with Crippen LogP contribution in [0.2, 0.25) is 0 Å². The van der Waals surface area contributed by atoms with Gasteiger partial charge >= 0.3 is 6.03 Å². The molecule has 0 radical (unpaired) electrons. The monoisotopic (exact) mass is 328 g/mol. The lowest BCUT2D eigenvalue weighted by Crippen LogP contribution is -2.46. The van der Waals surface area contributed by atoms with E-state index in [1.807, 2.05) is 38.4 Å². The lowest BCUT2D eigenvalue weighted by molar-refractivity contribution is -0.00746. The van der Waals surface area contributed by atoms with Gasteiger partial charge in [0.15, 0.2) is 0 Å². The Morgan fingerprint density at radius 3 is 3.08 bits per heavy atom. The van der Waals surface area contributed by atoms with Gasteiger partial charge in [0.05, 0.1) is 12.2 Å². The highest BCUT2D eigenvalue weighted by atomic mass is 16.5. The SMILES string of the molecule is Cc1cccc(CNC(=O)N[C@H]2CCCO[C@@H]2c2cnn(C)c2)c1. The summed E-state index contributed by atoms with van der Waals surface area (Å²) < 4.78 is 7.63.